The zero-order chi connectivity index (χ0) is 17.0. The number of benzene rings is 1. The molecule has 1 aromatic rings. The van der Waals surface area contributed by atoms with Gasteiger partial charge in [0.15, 0.2) is 5.96 Å². The van der Waals surface area contributed by atoms with Gasteiger partial charge in [0.2, 0.25) is 0 Å². The minimum Gasteiger partial charge on any atom is -0.496 e. The quantitative estimate of drug-likeness (QED) is 0.260. The molecule has 2 rings (SSSR count). The molecular weight excluding hydrogens is 449 g/mol. The molecule has 1 aromatic carbocycles. The van der Waals surface area contributed by atoms with Gasteiger partial charge in [-0.15, -0.1) is 24.0 Å². The highest BCUT2D eigenvalue weighted by Crippen LogP contribution is 2.18. The van der Waals surface area contributed by atoms with Crippen LogP contribution in [0, 0.1) is 0 Å². The van der Waals surface area contributed by atoms with Gasteiger partial charge in [-0.1, -0.05) is 18.2 Å². The molecule has 1 atom stereocenters. The maximum Gasteiger partial charge on any atom is 0.191 e. The van der Waals surface area contributed by atoms with Crippen molar-refractivity contribution in [3.05, 3.63) is 29.8 Å². The van der Waals surface area contributed by atoms with Crippen LogP contribution in [0.1, 0.15) is 25.3 Å². The van der Waals surface area contributed by atoms with E-state index in [1.807, 2.05) is 36.0 Å². The van der Waals surface area contributed by atoms with Crippen LogP contribution in [-0.4, -0.2) is 50.3 Å². The van der Waals surface area contributed by atoms with Crippen molar-refractivity contribution in [2.75, 3.05) is 38.3 Å². The molecule has 0 saturated carbocycles. The van der Waals surface area contributed by atoms with Crippen molar-refractivity contribution >= 4 is 41.7 Å². The molecule has 25 heavy (non-hydrogen) atoms. The van der Waals surface area contributed by atoms with Crippen molar-refractivity contribution in [1.82, 2.24) is 10.6 Å². The third-order valence-electron chi connectivity index (χ3n) is 3.80. The topological polar surface area (TPSA) is 54.9 Å². The number of nitrogens with zero attached hydrogens (tertiary/aromatic N) is 1. The van der Waals surface area contributed by atoms with Gasteiger partial charge in [-0.2, -0.15) is 11.8 Å². The van der Waals surface area contributed by atoms with Crippen molar-refractivity contribution in [3.8, 4) is 5.75 Å². The number of rotatable bonds is 8. The van der Waals surface area contributed by atoms with E-state index in [1.54, 1.807) is 7.11 Å². The number of hydrogen-bond donors (Lipinski definition) is 2. The monoisotopic (exact) mass is 479 g/mol. The summed E-state index contributed by atoms with van der Waals surface area (Å²) in [6, 6.07) is 8.45. The Morgan fingerprint density at radius 3 is 2.92 bits per heavy atom. The zero-order valence-corrected chi connectivity index (χ0v) is 18.3. The van der Waals surface area contributed by atoms with Crippen LogP contribution in [0.4, 0.5) is 0 Å². The number of nitrogens with one attached hydrogen (secondary N) is 2. The third kappa shape index (κ3) is 8.50. The average molecular weight is 479 g/mol. The Kier molecular flexibility index (Phi) is 12.1. The van der Waals surface area contributed by atoms with Crippen molar-refractivity contribution in [1.29, 1.82) is 0 Å². The Balaban J connectivity index is 0.00000312. The number of aliphatic imine (C=N–C) groups is 1. The normalized spacial score (nSPS) is 17.5. The molecule has 2 N–H and O–H groups in total. The van der Waals surface area contributed by atoms with Crippen molar-refractivity contribution in [2.45, 2.75) is 32.4 Å². The van der Waals surface area contributed by atoms with Crippen LogP contribution in [-0.2, 0) is 11.3 Å². The van der Waals surface area contributed by atoms with Gasteiger partial charge in [-0.25, -0.2) is 0 Å². The van der Waals surface area contributed by atoms with Gasteiger partial charge in [-0.3, -0.25) is 4.99 Å². The summed E-state index contributed by atoms with van der Waals surface area (Å²) in [5.74, 6) is 4.20. The fourth-order valence-electron chi connectivity index (χ4n) is 2.59. The van der Waals surface area contributed by atoms with E-state index < -0.39 is 0 Å². The first-order valence-electron chi connectivity index (χ1n) is 8.65. The molecular formula is C18H30IN3O2S. The van der Waals surface area contributed by atoms with Crippen LogP contribution in [0.25, 0.3) is 0 Å². The number of guanidine groups is 1. The summed E-state index contributed by atoms with van der Waals surface area (Å²) in [5, 5.41) is 6.84. The molecule has 1 heterocycles. The van der Waals surface area contributed by atoms with E-state index in [4.69, 9.17) is 9.47 Å². The van der Waals surface area contributed by atoms with E-state index in [2.05, 4.69) is 22.5 Å². The lowest BCUT2D eigenvalue weighted by Crippen LogP contribution is -2.45. The summed E-state index contributed by atoms with van der Waals surface area (Å²) in [6.07, 6.45) is 2.51. The maximum atomic E-state index is 5.73. The van der Waals surface area contributed by atoms with E-state index in [0.717, 1.165) is 29.6 Å². The highest BCUT2D eigenvalue weighted by molar-refractivity contribution is 14.0. The largest absolute Gasteiger partial charge is 0.496 e. The zero-order valence-electron chi connectivity index (χ0n) is 15.1. The molecule has 0 amide bonds. The van der Waals surface area contributed by atoms with Gasteiger partial charge in [-0.05, 0) is 31.6 Å². The number of methoxy groups -OCH3 is 1. The van der Waals surface area contributed by atoms with E-state index in [1.165, 1.54) is 18.6 Å². The van der Waals surface area contributed by atoms with Crippen LogP contribution in [0.3, 0.4) is 0 Å². The summed E-state index contributed by atoms with van der Waals surface area (Å²) in [6.45, 7) is 4.74. The molecule has 0 radical (unpaired) electrons. The number of thioether (sulfide) groups is 1. The van der Waals surface area contributed by atoms with Crippen LogP contribution >= 0.6 is 35.7 Å². The Morgan fingerprint density at radius 1 is 1.36 bits per heavy atom. The summed E-state index contributed by atoms with van der Waals surface area (Å²) in [7, 11) is 1.68. The minimum absolute atomic E-state index is 0. The van der Waals surface area contributed by atoms with E-state index >= 15 is 0 Å². The second-order valence-corrected chi connectivity index (χ2v) is 6.83. The lowest BCUT2D eigenvalue weighted by atomic mass is 10.2. The molecule has 142 valence electrons. The lowest BCUT2D eigenvalue weighted by molar-refractivity contribution is 0.126. The van der Waals surface area contributed by atoms with Gasteiger partial charge in [0.05, 0.1) is 26.9 Å². The number of halogens is 1. The maximum absolute atomic E-state index is 5.73. The van der Waals surface area contributed by atoms with Gasteiger partial charge in [0, 0.05) is 23.9 Å². The SMILES string of the molecule is CCNC(=NCCOCc1ccccc1OC)NC1CCCSC1.I. The Bertz CT molecular complexity index is 511. The molecule has 1 aliphatic rings. The van der Waals surface area contributed by atoms with E-state index in [0.29, 0.717) is 25.8 Å². The Morgan fingerprint density at radius 2 is 2.20 bits per heavy atom. The van der Waals surface area contributed by atoms with Crippen LogP contribution in [0.2, 0.25) is 0 Å². The van der Waals surface area contributed by atoms with Gasteiger partial charge >= 0.3 is 0 Å². The van der Waals surface area contributed by atoms with Crippen LogP contribution < -0.4 is 15.4 Å². The Hall–Kier alpha value is -0.670. The molecule has 1 saturated heterocycles. The number of ether oxygens (including phenoxy) is 2. The fraction of sp³-hybridized carbons (Fsp3) is 0.611. The lowest BCUT2D eigenvalue weighted by Gasteiger charge is -2.24. The van der Waals surface area contributed by atoms with Crippen LogP contribution in [0.15, 0.2) is 29.3 Å². The Labute approximate surface area is 172 Å². The summed E-state index contributed by atoms with van der Waals surface area (Å²) < 4.78 is 11.1. The van der Waals surface area contributed by atoms with Gasteiger partial charge < -0.3 is 20.1 Å². The summed E-state index contributed by atoms with van der Waals surface area (Å²) >= 11 is 2.01. The first-order valence-corrected chi connectivity index (χ1v) is 9.81. The predicted octanol–water partition coefficient (Wildman–Crippen LogP) is 3.28. The molecule has 1 aliphatic heterocycles. The molecule has 0 aliphatic carbocycles. The van der Waals surface area contributed by atoms with Crippen molar-refractivity contribution in [3.63, 3.8) is 0 Å². The summed E-state index contributed by atoms with van der Waals surface area (Å²) in [4.78, 5) is 4.61. The highest BCUT2D eigenvalue weighted by Gasteiger charge is 2.14. The van der Waals surface area contributed by atoms with Crippen LogP contribution in [0.5, 0.6) is 5.75 Å². The van der Waals surface area contributed by atoms with E-state index in [9.17, 15) is 0 Å². The predicted molar refractivity (Wildman–Crippen MR) is 118 cm³/mol. The molecule has 0 bridgehead atoms. The highest BCUT2D eigenvalue weighted by atomic mass is 127. The molecule has 1 fully saturated rings. The number of para-hydroxylation sites is 1. The molecule has 0 spiro atoms. The first-order chi connectivity index (χ1) is 11.8. The molecule has 7 heteroatoms. The molecule has 0 aromatic heterocycles. The standard InChI is InChI=1S/C18H29N3O2S.HI/c1-3-19-18(21-16-8-6-12-24-14-16)20-10-11-23-13-15-7-4-5-9-17(15)22-2;/h4-5,7,9,16H,3,6,8,10-14H2,1-2H3,(H2,19,20,21);1H. The second-order valence-electron chi connectivity index (χ2n) is 5.68. The van der Waals surface area contributed by atoms with Crippen molar-refractivity contribution in [2.24, 2.45) is 4.99 Å². The minimum atomic E-state index is 0. The molecule has 1 unspecified atom stereocenters. The average Bonchev–Trinajstić information content (AvgIpc) is 2.62. The van der Waals surface area contributed by atoms with Gasteiger partial charge in [0.25, 0.3) is 0 Å². The fourth-order valence-corrected chi connectivity index (χ4v) is 3.67. The first kappa shape index (κ1) is 22.4. The molecule has 5 nitrogen and oxygen atoms in total. The van der Waals surface area contributed by atoms with Gasteiger partial charge in [0.1, 0.15) is 5.75 Å². The smallest absolute Gasteiger partial charge is 0.191 e. The van der Waals surface area contributed by atoms with Crippen molar-refractivity contribution < 1.29 is 9.47 Å². The summed E-state index contributed by atoms with van der Waals surface area (Å²) in [5.41, 5.74) is 1.06. The third-order valence-corrected chi connectivity index (χ3v) is 5.02. The second kappa shape index (κ2) is 13.5. The number of hydrogen-bond acceptors (Lipinski definition) is 4. The van der Waals surface area contributed by atoms with E-state index in [-0.39, 0.29) is 24.0 Å².